The molecule has 0 unspecified atom stereocenters. The molecule has 0 bridgehead atoms. The number of anilines is 1. The van der Waals surface area contributed by atoms with E-state index in [0.717, 1.165) is 32.1 Å². The highest BCUT2D eigenvalue weighted by Gasteiger charge is 2.24. The van der Waals surface area contributed by atoms with Crippen LogP contribution in [0.25, 0.3) is 11.2 Å². The topological polar surface area (TPSA) is 80.4 Å². The second-order valence-electron chi connectivity index (χ2n) is 6.74. The Balaban J connectivity index is 2.20. The summed E-state index contributed by atoms with van der Waals surface area (Å²) < 4.78 is 3.32. The van der Waals surface area contributed by atoms with E-state index in [1.54, 1.807) is 7.05 Å². The second kappa shape index (κ2) is 6.27. The maximum Gasteiger partial charge on any atom is 0.329 e. The van der Waals surface area contributed by atoms with Gasteiger partial charge in [0.05, 0.1) is 33.2 Å². The van der Waals surface area contributed by atoms with E-state index in [2.05, 4.69) is 28.0 Å². The molecule has 3 heterocycles. The van der Waals surface area contributed by atoms with Crippen LogP contribution in [0.2, 0.25) is 0 Å². The lowest BCUT2D eigenvalue weighted by molar-refractivity contribution is -0.880. The first kappa shape index (κ1) is 16.5. The van der Waals surface area contributed by atoms with Gasteiger partial charge in [0.2, 0.25) is 5.95 Å². The number of likely N-dealkylation sites (N-methyl/N-ethyl adjacent to an activating group) is 1. The molecule has 0 radical (unpaired) electrons. The monoisotopic (exact) mass is 333 g/mol. The van der Waals surface area contributed by atoms with E-state index in [1.165, 1.54) is 15.0 Å². The number of aryl methyl sites for hydroxylation is 1. The van der Waals surface area contributed by atoms with Gasteiger partial charge in [0.15, 0.2) is 11.2 Å². The van der Waals surface area contributed by atoms with Crippen molar-refractivity contribution in [1.29, 1.82) is 0 Å². The number of allylic oxidation sites excluding steroid dienone is 2. The van der Waals surface area contributed by atoms with E-state index >= 15 is 0 Å². The van der Waals surface area contributed by atoms with Gasteiger partial charge in [-0.2, -0.15) is 4.98 Å². The Hall–Kier alpha value is -2.35. The summed E-state index contributed by atoms with van der Waals surface area (Å²) in [6, 6.07) is 0. The minimum atomic E-state index is -0.436. The molecule has 1 aliphatic heterocycles. The molecule has 8 nitrogen and oxygen atoms in total. The molecule has 2 N–H and O–H groups in total. The first-order chi connectivity index (χ1) is 11.4. The third kappa shape index (κ3) is 2.89. The Kier molecular flexibility index (Phi) is 4.31. The number of hydrogen-bond acceptors (Lipinski definition) is 4. The van der Waals surface area contributed by atoms with Crippen molar-refractivity contribution in [1.82, 2.24) is 19.1 Å². The normalized spacial score (nSPS) is 15.9. The van der Waals surface area contributed by atoms with Gasteiger partial charge in [-0.15, -0.1) is 0 Å². The summed E-state index contributed by atoms with van der Waals surface area (Å²) in [7, 11) is 3.81. The molecule has 2 aromatic heterocycles. The molecule has 1 aliphatic rings. The number of hydrogen-bond donors (Lipinski definition) is 2. The van der Waals surface area contributed by atoms with Crippen LogP contribution in [0.1, 0.15) is 13.8 Å². The van der Waals surface area contributed by atoms with Crippen LogP contribution < -0.4 is 21.0 Å². The van der Waals surface area contributed by atoms with Gasteiger partial charge in [-0.05, 0) is 13.8 Å². The Labute approximate surface area is 140 Å². The maximum atomic E-state index is 12.4. The van der Waals surface area contributed by atoms with Crippen LogP contribution >= 0.6 is 0 Å². The minimum absolute atomic E-state index is 0.381. The predicted molar refractivity (Wildman–Crippen MR) is 93.9 cm³/mol. The summed E-state index contributed by atoms with van der Waals surface area (Å²) in [5, 5.41) is 0. The number of imidazole rings is 1. The molecule has 0 spiro atoms. The van der Waals surface area contributed by atoms with Crippen LogP contribution in [-0.4, -0.2) is 52.3 Å². The van der Waals surface area contributed by atoms with Gasteiger partial charge in [0.1, 0.15) is 0 Å². The lowest BCUT2D eigenvalue weighted by Crippen LogP contribution is -3.12. The zero-order chi connectivity index (χ0) is 17.4. The van der Waals surface area contributed by atoms with Gasteiger partial charge in [0.25, 0.3) is 5.56 Å². The number of rotatable bonds is 3. The first-order valence-electron chi connectivity index (χ1n) is 8.27. The molecule has 0 amide bonds. The molecule has 0 aliphatic carbocycles. The van der Waals surface area contributed by atoms with Gasteiger partial charge < -0.3 is 14.4 Å². The van der Waals surface area contributed by atoms with Crippen molar-refractivity contribution in [3.8, 4) is 0 Å². The molecular weight excluding hydrogens is 308 g/mol. The van der Waals surface area contributed by atoms with Crippen LogP contribution in [-0.2, 0) is 13.6 Å². The van der Waals surface area contributed by atoms with Crippen molar-refractivity contribution in [2.24, 2.45) is 7.05 Å². The quantitative estimate of drug-likeness (QED) is 0.686. The van der Waals surface area contributed by atoms with Crippen molar-refractivity contribution in [3.63, 3.8) is 0 Å². The maximum absolute atomic E-state index is 12.4. The number of nitrogens with zero attached hydrogens (tertiary/aromatic N) is 4. The highest BCUT2D eigenvalue weighted by atomic mass is 16.2. The summed E-state index contributed by atoms with van der Waals surface area (Å²) in [4.78, 5) is 35.0. The third-order valence-electron chi connectivity index (χ3n) is 4.57. The van der Waals surface area contributed by atoms with Crippen LogP contribution in [0.15, 0.2) is 21.2 Å². The van der Waals surface area contributed by atoms with Crippen molar-refractivity contribution in [2.45, 2.75) is 20.4 Å². The van der Waals surface area contributed by atoms with Crippen molar-refractivity contribution >= 4 is 17.1 Å². The van der Waals surface area contributed by atoms with E-state index < -0.39 is 5.69 Å². The Bertz CT molecular complexity index is 892. The van der Waals surface area contributed by atoms with Crippen molar-refractivity contribution in [2.75, 3.05) is 38.1 Å². The van der Waals surface area contributed by atoms with E-state index in [1.807, 2.05) is 18.4 Å². The summed E-state index contributed by atoms with van der Waals surface area (Å²) in [6.07, 6.45) is 2.07. The molecule has 130 valence electrons. The van der Waals surface area contributed by atoms with Crippen molar-refractivity contribution < 1.29 is 4.90 Å². The highest BCUT2D eigenvalue weighted by Crippen LogP contribution is 2.19. The summed E-state index contributed by atoms with van der Waals surface area (Å²) >= 11 is 0. The van der Waals surface area contributed by atoms with E-state index in [4.69, 9.17) is 0 Å². The smallest absolute Gasteiger partial charge is 0.329 e. The summed E-state index contributed by atoms with van der Waals surface area (Å²) in [6.45, 7) is 8.44. The lowest BCUT2D eigenvalue weighted by Gasteiger charge is -2.31. The summed E-state index contributed by atoms with van der Waals surface area (Å²) in [5.41, 5.74) is 1.25. The fourth-order valence-electron chi connectivity index (χ4n) is 3.00. The first-order valence-corrected chi connectivity index (χ1v) is 8.27. The molecule has 1 fully saturated rings. The van der Waals surface area contributed by atoms with Gasteiger partial charge >= 0.3 is 5.69 Å². The fourth-order valence-corrected chi connectivity index (χ4v) is 3.00. The minimum Gasteiger partial charge on any atom is -0.334 e. The number of aromatic nitrogens is 4. The Morgan fingerprint density at radius 1 is 1.29 bits per heavy atom. The molecular formula is C16H25N6O2+. The average molecular weight is 333 g/mol. The molecule has 8 heteroatoms. The molecule has 1 saturated heterocycles. The molecule has 0 saturated carbocycles. The van der Waals surface area contributed by atoms with E-state index in [0.29, 0.717) is 17.7 Å². The number of fused-ring (bicyclic) bond motifs is 1. The molecule has 0 atom stereocenters. The van der Waals surface area contributed by atoms with E-state index in [9.17, 15) is 9.59 Å². The van der Waals surface area contributed by atoms with Crippen LogP contribution in [0.4, 0.5) is 5.95 Å². The summed E-state index contributed by atoms with van der Waals surface area (Å²) in [5.74, 6) is 0.765. The van der Waals surface area contributed by atoms with Gasteiger partial charge in [0, 0.05) is 13.6 Å². The average Bonchev–Trinajstić information content (AvgIpc) is 2.91. The van der Waals surface area contributed by atoms with Crippen LogP contribution in [0, 0.1) is 0 Å². The highest BCUT2D eigenvalue weighted by molar-refractivity contribution is 5.74. The standard InChI is InChI=1S/C16H24N6O2/c1-11(2)5-6-22-12-13(20(4)16(24)18-14(12)23)17-15(22)21-9-7-19(3)8-10-21/h5H,6-10H2,1-4H3,(H,18,23,24)/p+1. The zero-order valence-corrected chi connectivity index (χ0v) is 14.7. The Morgan fingerprint density at radius 2 is 1.96 bits per heavy atom. The Morgan fingerprint density at radius 3 is 2.58 bits per heavy atom. The zero-order valence-electron chi connectivity index (χ0n) is 14.7. The fraction of sp³-hybridized carbons (Fsp3) is 0.562. The predicted octanol–water partition coefficient (Wildman–Crippen LogP) is -1.28. The van der Waals surface area contributed by atoms with Gasteiger partial charge in [-0.1, -0.05) is 11.6 Å². The molecule has 0 aromatic carbocycles. The van der Waals surface area contributed by atoms with E-state index in [-0.39, 0.29) is 5.56 Å². The lowest BCUT2D eigenvalue weighted by atomic mass is 10.3. The molecule has 24 heavy (non-hydrogen) atoms. The SMILES string of the molecule is CC(C)=CCn1c(N2CC[NH+](C)CC2)nc2c1c(=O)[nH]c(=O)n2C. The largest absolute Gasteiger partial charge is 0.334 e. The number of quaternary nitrogens is 1. The number of aromatic amines is 1. The van der Waals surface area contributed by atoms with Crippen LogP contribution in [0.5, 0.6) is 0 Å². The van der Waals surface area contributed by atoms with Crippen LogP contribution in [0.3, 0.4) is 0 Å². The number of nitrogens with one attached hydrogen (secondary N) is 2. The van der Waals surface area contributed by atoms with Gasteiger partial charge in [-0.25, -0.2) is 4.79 Å². The van der Waals surface area contributed by atoms with Crippen molar-refractivity contribution in [3.05, 3.63) is 32.5 Å². The number of piperazine rings is 1. The molecule has 3 rings (SSSR count). The van der Waals surface area contributed by atoms with Gasteiger partial charge in [-0.3, -0.25) is 14.3 Å². The third-order valence-corrected chi connectivity index (χ3v) is 4.57. The molecule has 2 aromatic rings. The number of H-pyrrole nitrogens is 1. The second-order valence-corrected chi connectivity index (χ2v) is 6.74.